The van der Waals surface area contributed by atoms with Gasteiger partial charge in [0.2, 0.25) is 5.91 Å². The highest BCUT2D eigenvalue weighted by Gasteiger charge is 2.49. The van der Waals surface area contributed by atoms with Gasteiger partial charge >= 0.3 is 0 Å². The molecule has 16 unspecified atom stereocenters. The minimum absolute atomic E-state index is 0.0603. The number of hydrogen-bond acceptors (Lipinski definition) is 9. The normalized spacial score (nSPS) is 46.5. The van der Waals surface area contributed by atoms with E-state index in [-0.39, 0.29) is 41.9 Å². The van der Waals surface area contributed by atoms with Gasteiger partial charge < -0.3 is 20.4 Å². The van der Waals surface area contributed by atoms with Crippen molar-refractivity contribution in [3.63, 3.8) is 0 Å². The molecular formula is C60H100N6O4. The lowest BCUT2D eigenvalue weighted by Gasteiger charge is -2.45. The van der Waals surface area contributed by atoms with Crippen LogP contribution in [0.2, 0.25) is 0 Å². The number of amides is 1. The van der Waals surface area contributed by atoms with Crippen molar-refractivity contribution in [2.45, 2.75) is 256 Å². The quantitative estimate of drug-likeness (QED) is 0.0780. The monoisotopic (exact) mass is 969 g/mol. The van der Waals surface area contributed by atoms with E-state index in [0.717, 1.165) is 69.6 Å². The van der Waals surface area contributed by atoms with Crippen molar-refractivity contribution >= 4 is 5.91 Å². The first-order chi connectivity index (χ1) is 34.0. The first-order valence-corrected chi connectivity index (χ1v) is 30.2. The zero-order chi connectivity index (χ0) is 48.6. The van der Waals surface area contributed by atoms with Crippen LogP contribution in [0.4, 0.5) is 0 Å². The van der Waals surface area contributed by atoms with Gasteiger partial charge in [-0.3, -0.25) is 4.79 Å². The van der Waals surface area contributed by atoms with Crippen molar-refractivity contribution in [1.82, 2.24) is 10.8 Å². The number of aliphatic hydroxyl groups is 2. The van der Waals surface area contributed by atoms with E-state index in [1.54, 1.807) is 0 Å². The fraction of sp³-hybridized carbons (Fsp3) is 0.917. The largest absolute Gasteiger partial charge is 0.390 e. The Kier molecular flexibility index (Phi) is 19.2. The van der Waals surface area contributed by atoms with Crippen LogP contribution in [0.5, 0.6) is 0 Å². The smallest absolute Gasteiger partial charge is 0.226 e. The lowest BCUT2D eigenvalue weighted by atomic mass is 9.63. The highest BCUT2D eigenvalue weighted by atomic mass is 16.6. The topological polar surface area (TPSA) is 140 Å². The molecule has 9 aliphatic rings. The summed E-state index contributed by atoms with van der Waals surface area (Å²) >= 11 is 0. The summed E-state index contributed by atoms with van der Waals surface area (Å²) in [6, 6.07) is 0.855. The van der Waals surface area contributed by atoms with E-state index < -0.39 is 12.2 Å². The minimum atomic E-state index is -0.732. The molecule has 9 fully saturated rings. The average molecular weight is 969 g/mol. The fourth-order valence-electron chi connectivity index (χ4n) is 16.3. The number of azo groups is 2. The molecule has 0 aromatic heterocycles. The number of hydroxylamine groups is 1. The zero-order valence-electron chi connectivity index (χ0n) is 44.5. The SMILES string of the molecule is CC1CCC(NOCC2CC3CCCCC3C(N=NC3CCC(C=CC4CCC(C=CC5CCC(N=NC6C(O)C(C(=O)NC7CCC(C)CC7C)CC7CCCCC76)CC5)CC4)CC3)C2O)C(C)C1. The van der Waals surface area contributed by atoms with E-state index in [4.69, 9.17) is 25.3 Å². The van der Waals surface area contributed by atoms with E-state index >= 15 is 0 Å². The molecule has 9 rings (SSSR count). The number of allylic oxidation sites excluding steroid dienone is 4. The van der Waals surface area contributed by atoms with Crippen LogP contribution < -0.4 is 10.8 Å². The third-order valence-electron chi connectivity index (χ3n) is 21.0. The molecule has 4 N–H and O–H groups in total. The highest BCUT2D eigenvalue weighted by Crippen LogP contribution is 2.47. The molecule has 70 heavy (non-hydrogen) atoms. The molecule has 0 aromatic carbocycles. The van der Waals surface area contributed by atoms with Crippen molar-refractivity contribution in [3.8, 4) is 0 Å². The molecule has 0 saturated heterocycles. The van der Waals surface area contributed by atoms with Crippen LogP contribution in [0.1, 0.15) is 207 Å². The number of carbonyl (C=O) groups excluding carboxylic acids is 1. The predicted molar refractivity (Wildman–Crippen MR) is 281 cm³/mol. The van der Waals surface area contributed by atoms with Gasteiger partial charge in [-0.1, -0.05) is 90.5 Å². The molecule has 0 heterocycles. The summed E-state index contributed by atoms with van der Waals surface area (Å²) in [5.41, 5.74) is 3.42. The Morgan fingerprint density at radius 1 is 0.500 bits per heavy atom. The van der Waals surface area contributed by atoms with Crippen LogP contribution >= 0.6 is 0 Å². The second kappa shape index (κ2) is 25.5. The molecule has 394 valence electrons. The molecule has 0 bridgehead atoms. The van der Waals surface area contributed by atoms with E-state index in [9.17, 15) is 15.0 Å². The summed E-state index contributed by atoms with van der Waals surface area (Å²) in [4.78, 5) is 19.9. The number of nitrogens with zero attached hydrogens (tertiary/aromatic N) is 4. The summed E-state index contributed by atoms with van der Waals surface area (Å²) < 4.78 is 0. The Morgan fingerprint density at radius 2 is 0.943 bits per heavy atom. The molecule has 16 atom stereocenters. The van der Waals surface area contributed by atoms with Gasteiger partial charge in [-0.2, -0.15) is 25.9 Å². The molecule has 10 nitrogen and oxygen atoms in total. The first kappa shape index (κ1) is 52.8. The standard InChI is InChI=1S/C60H100N6O4/c1-38-13-31-54(40(3)33-38)61-60(69)53-36-47-10-6-8-12-52(47)57(59(53)68)65-63-50-29-25-45(26-30-50)22-20-43-17-15-42(16-18-43)19-21-44-23-27-49(28-24-44)62-64-56-51-11-7-5-9-46(51)35-48(58(56)67)37-70-66-55-32-14-39(2)34-41(55)4/h19-22,38-59,66-68H,5-18,23-37H2,1-4H3,(H,61,69). The van der Waals surface area contributed by atoms with Gasteiger partial charge in [0, 0.05) is 18.0 Å². The van der Waals surface area contributed by atoms with Gasteiger partial charge in [0.15, 0.2) is 0 Å². The molecule has 9 saturated carbocycles. The molecule has 0 radical (unpaired) electrons. The summed E-state index contributed by atoms with van der Waals surface area (Å²) in [5, 5.41) is 46.9. The van der Waals surface area contributed by atoms with E-state index in [1.807, 2.05) is 0 Å². The number of hydrogen-bond donors (Lipinski definition) is 4. The maximum atomic E-state index is 13.7. The third kappa shape index (κ3) is 13.8. The Balaban J connectivity index is 0.669. The van der Waals surface area contributed by atoms with Crippen molar-refractivity contribution < 1.29 is 19.8 Å². The Morgan fingerprint density at radius 3 is 1.44 bits per heavy atom. The lowest BCUT2D eigenvalue weighted by molar-refractivity contribution is -0.135. The average Bonchev–Trinajstić information content (AvgIpc) is 3.37. The number of rotatable bonds is 14. The van der Waals surface area contributed by atoms with Crippen LogP contribution in [0.3, 0.4) is 0 Å². The van der Waals surface area contributed by atoms with Gasteiger partial charge in [-0.15, -0.1) is 0 Å². The predicted octanol–water partition coefficient (Wildman–Crippen LogP) is 13.3. The van der Waals surface area contributed by atoms with Crippen LogP contribution in [0.15, 0.2) is 44.8 Å². The second-order valence-electron chi connectivity index (χ2n) is 26.2. The van der Waals surface area contributed by atoms with Gasteiger partial charge in [0.1, 0.15) is 12.1 Å². The molecule has 9 aliphatic carbocycles. The van der Waals surface area contributed by atoms with Gasteiger partial charge in [0.25, 0.3) is 0 Å². The van der Waals surface area contributed by atoms with Gasteiger partial charge in [0.05, 0.1) is 36.8 Å². The molecule has 0 aromatic rings. The number of aliphatic hydroxyl groups excluding tert-OH is 2. The highest BCUT2D eigenvalue weighted by molar-refractivity contribution is 5.80. The summed E-state index contributed by atoms with van der Waals surface area (Å²) in [5.74, 6) is 7.10. The van der Waals surface area contributed by atoms with Crippen molar-refractivity contribution in [2.24, 2.45) is 103 Å². The molecule has 0 aliphatic heterocycles. The lowest BCUT2D eigenvalue weighted by Crippen LogP contribution is -2.54. The fourth-order valence-corrected chi connectivity index (χ4v) is 16.3. The number of carbonyl (C=O) groups is 1. The van der Waals surface area contributed by atoms with Crippen molar-refractivity contribution in [3.05, 3.63) is 24.3 Å². The van der Waals surface area contributed by atoms with Crippen LogP contribution in [-0.2, 0) is 9.63 Å². The maximum absolute atomic E-state index is 13.7. The van der Waals surface area contributed by atoms with Crippen LogP contribution in [0, 0.1) is 82.9 Å². The van der Waals surface area contributed by atoms with Crippen molar-refractivity contribution in [1.29, 1.82) is 0 Å². The molecule has 1 amide bonds. The Hall–Kier alpha value is -2.01. The molecule has 0 spiro atoms. The third-order valence-corrected chi connectivity index (χ3v) is 21.0. The number of fused-ring (bicyclic) bond motifs is 2. The second-order valence-corrected chi connectivity index (χ2v) is 26.2. The van der Waals surface area contributed by atoms with Crippen LogP contribution in [0.25, 0.3) is 0 Å². The maximum Gasteiger partial charge on any atom is 0.226 e. The van der Waals surface area contributed by atoms with E-state index in [0.29, 0.717) is 77.9 Å². The van der Waals surface area contributed by atoms with Crippen LogP contribution in [-0.4, -0.2) is 71.2 Å². The van der Waals surface area contributed by atoms with Gasteiger partial charge in [-0.25, -0.2) is 0 Å². The molecule has 10 heteroatoms. The first-order valence-electron chi connectivity index (χ1n) is 30.2. The van der Waals surface area contributed by atoms with E-state index in [1.165, 1.54) is 122 Å². The van der Waals surface area contributed by atoms with E-state index in [2.05, 4.69) is 62.8 Å². The van der Waals surface area contributed by atoms with Gasteiger partial charge in [-0.05, 0) is 212 Å². The number of nitrogens with one attached hydrogen (secondary N) is 2. The minimum Gasteiger partial charge on any atom is -0.390 e. The summed E-state index contributed by atoms with van der Waals surface area (Å²) in [6.45, 7) is 9.88. The zero-order valence-corrected chi connectivity index (χ0v) is 44.5. The Labute approximate surface area is 425 Å². The van der Waals surface area contributed by atoms with Crippen molar-refractivity contribution in [2.75, 3.05) is 6.61 Å². The Bertz CT molecular complexity index is 1730. The molecular weight excluding hydrogens is 869 g/mol. The summed E-state index contributed by atoms with van der Waals surface area (Å²) in [6.07, 6.45) is 41.9. The summed E-state index contributed by atoms with van der Waals surface area (Å²) in [7, 11) is 0.